The first-order valence-electron chi connectivity index (χ1n) is 8.95. The summed E-state index contributed by atoms with van der Waals surface area (Å²) in [7, 11) is 0. The summed E-state index contributed by atoms with van der Waals surface area (Å²) < 4.78 is 5.85. The first-order chi connectivity index (χ1) is 13.9. The van der Waals surface area contributed by atoms with Crippen LogP contribution in [0.2, 0.25) is 0 Å². The van der Waals surface area contributed by atoms with Gasteiger partial charge in [-0.15, -0.1) is 0 Å². The molecule has 0 radical (unpaired) electrons. The molecule has 1 aromatic carbocycles. The smallest absolute Gasteiger partial charge is 0.264 e. The van der Waals surface area contributed by atoms with Gasteiger partial charge in [0.15, 0.2) is 5.17 Å². The Bertz CT molecular complexity index is 1040. The Kier molecular flexibility index (Phi) is 6.49. The highest BCUT2D eigenvalue weighted by molar-refractivity contribution is 8.18. The van der Waals surface area contributed by atoms with Crippen LogP contribution in [0.5, 0.6) is 5.75 Å². The van der Waals surface area contributed by atoms with Gasteiger partial charge in [0.05, 0.1) is 35.8 Å². The molecule has 0 saturated carbocycles. The lowest BCUT2D eigenvalue weighted by molar-refractivity contribution is -0.115. The molecule has 1 saturated heterocycles. The van der Waals surface area contributed by atoms with E-state index >= 15 is 0 Å². The van der Waals surface area contributed by atoms with Crippen LogP contribution in [-0.2, 0) is 4.79 Å². The van der Waals surface area contributed by atoms with Crippen molar-refractivity contribution < 1.29 is 19.7 Å². The number of hydrogen-bond acceptors (Lipinski definition) is 8. The summed E-state index contributed by atoms with van der Waals surface area (Å²) in [5.74, 6) is 0.151. The van der Waals surface area contributed by atoms with Crippen LogP contribution in [0.4, 0.5) is 0 Å². The molecule has 9 heteroatoms. The number of ether oxygens (including phenoxy) is 1. The minimum Gasteiger partial charge on any atom is -0.489 e. The topological polar surface area (TPSA) is 128 Å². The van der Waals surface area contributed by atoms with Crippen molar-refractivity contribution in [3.8, 4) is 11.8 Å². The van der Waals surface area contributed by atoms with Gasteiger partial charge in [-0.25, -0.2) is 0 Å². The second-order valence-corrected chi connectivity index (χ2v) is 7.60. The SMILES string of the molecule is CC(C)Oc1c(C#N)cnc2ccc(C=C3SC(=NC(CO)CO)NC3=O)cc12. The molecule has 0 bridgehead atoms. The van der Waals surface area contributed by atoms with Gasteiger partial charge in [-0.05, 0) is 49.4 Å². The second-order valence-electron chi connectivity index (χ2n) is 6.57. The lowest BCUT2D eigenvalue weighted by Crippen LogP contribution is -2.24. The molecule has 1 amide bonds. The Morgan fingerprint density at radius 2 is 2.14 bits per heavy atom. The number of aliphatic imine (C=N–C) groups is 1. The zero-order valence-corrected chi connectivity index (χ0v) is 16.7. The predicted octanol–water partition coefficient (Wildman–Crippen LogP) is 1.81. The van der Waals surface area contributed by atoms with E-state index in [0.29, 0.717) is 32.3 Å². The van der Waals surface area contributed by atoms with Crippen molar-refractivity contribution >= 4 is 39.8 Å². The molecule has 2 heterocycles. The minimum absolute atomic E-state index is 0.115. The van der Waals surface area contributed by atoms with Gasteiger partial charge in [0.25, 0.3) is 5.91 Å². The Balaban J connectivity index is 1.98. The van der Waals surface area contributed by atoms with E-state index in [9.17, 15) is 10.1 Å². The molecular weight excluding hydrogens is 392 g/mol. The number of benzene rings is 1. The van der Waals surface area contributed by atoms with Crippen molar-refractivity contribution in [2.24, 2.45) is 4.99 Å². The number of rotatable bonds is 6. The molecule has 1 fully saturated rings. The van der Waals surface area contributed by atoms with Crippen molar-refractivity contribution in [1.82, 2.24) is 10.3 Å². The third kappa shape index (κ3) is 4.74. The van der Waals surface area contributed by atoms with E-state index < -0.39 is 6.04 Å². The Labute approximate surface area is 171 Å². The number of aliphatic hydroxyl groups is 2. The molecular formula is C20H20N4O4S. The maximum atomic E-state index is 12.2. The van der Waals surface area contributed by atoms with Crippen molar-refractivity contribution in [2.75, 3.05) is 13.2 Å². The monoisotopic (exact) mass is 412 g/mol. The van der Waals surface area contributed by atoms with Crippen molar-refractivity contribution in [1.29, 1.82) is 5.26 Å². The molecule has 1 aliphatic rings. The van der Waals surface area contributed by atoms with Crippen LogP contribution in [0, 0.1) is 11.3 Å². The molecule has 29 heavy (non-hydrogen) atoms. The van der Waals surface area contributed by atoms with Gasteiger partial charge in [0.1, 0.15) is 17.4 Å². The highest BCUT2D eigenvalue weighted by Gasteiger charge is 2.24. The van der Waals surface area contributed by atoms with Crippen molar-refractivity contribution in [3.05, 3.63) is 40.4 Å². The number of nitrogens with one attached hydrogen (secondary N) is 1. The Morgan fingerprint density at radius 3 is 2.79 bits per heavy atom. The molecule has 3 rings (SSSR count). The Morgan fingerprint density at radius 1 is 1.38 bits per heavy atom. The van der Waals surface area contributed by atoms with Crippen LogP contribution in [0.15, 0.2) is 34.3 Å². The van der Waals surface area contributed by atoms with Crippen molar-refractivity contribution in [3.63, 3.8) is 0 Å². The number of aromatic nitrogens is 1. The predicted molar refractivity (Wildman–Crippen MR) is 111 cm³/mol. The number of nitrogens with zero attached hydrogens (tertiary/aromatic N) is 3. The molecule has 1 aromatic heterocycles. The van der Waals surface area contributed by atoms with E-state index in [1.807, 2.05) is 26.0 Å². The summed E-state index contributed by atoms with van der Waals surface area (Å²) in [4.78, 5) is 21.1. The van der Waals surface area contributed by atoms with Gasteiger partial charge in [-0.3, -0.25) is 14.8 Å². The average Bonchev–Trinajstić information content (AvgIpc) is 3.05. The molecule has 0 aliphatic carbocycles. The summed E-state index contributed by atoms with van der Waals surface area (Å²) in [5, 5.41) is 31.3. The van der Waals surface area contributed by atoms with Crippen LogP contribution in [0.1, 0.15) is 25.0 Å². The van der Waals surface area contributed by atoms with E-state index in [-0.39, 0.29) is 25.2 Å². The van der Waals surface area contributed by atoms with Gasteiger partial charge >= 0.3 is 0 Å². The number of nitriles is 1. The number of carbonyl (C=O) groups is 1. The quantitative estimate of drug-likeness (QED) is 0.617. The first kappa shape index (κ1) is 20.8. The van der Waals surface area contributed by atoms with Crippen molar-refractivity contribution in [2.45, 2.75) is 26.0 Å². The van der Waals surface area contributed by atoms with Crippen LogP contribution in [0.25, 0.3) is 17.0 Å². The first-order valence-corrected chi connectivity index (χ1v) is 9.76. The average molecular weight is 412 g/mol. The van der Waals surface area contributed by atoms with Gasteiger partial charge in [0, 0.05) is 11.6 Å². The number of amides is 1. The van der Waals surface area contributed by atoms with Crippen LogP contribution in [0.3, 0.4) is 0 Å². The fraction of sp³-hybridized carbons (Fsp3) is 0.300. The molecule has 0 unspecified atom stereocenters. The van der Waals surface area contributed by atoms with Gasteiger partial charge < -0.3 is 20.3 Å². The third-order valence-corrected chi connectivity index (χ3v) is 4.91. The maximum absolute atomic E-state index is 12.2. The van der Waals surface area contributed by atoms with Crippen LogP contribution < -0.4 is 10.1 Å². The largest absolute Gasteiger partial charge is 0.489 e. The fourth-order valence-electron chi connectivity index (χ4n) is 2.66. The normalized spacial score (nSPS) is 16.8. The number of amidine groups is 1. The van der Waals surface area contributed by atoms with Crippen LogP contribution in [-0.4, -0.2) is 51.6 Å². The number of pyridine rings is 1. The number of hydrogen-bond donors (Lipinski definition) is 3. The lowest BCUT2D eigenvalue weighted by atomic mass is 10.1. The van der Waals surface area contributed by atoms with E-state index in [2.05, 4.69) is 21.4 Å². The molecule has 0 atom stereocenters. The van der Waals surface area contributed by atoms with E-state index in [0.717, 1.165) is 17.3 Å². The van der Waals surface area contributed by atoms with Crippen LogP contribution >= 0.6 is 11.8 Å². The second kappa shape index (κ2) is 9.05. The number of fused-ring (bicyclic) bond motifs is 1. The number of thioether (sulfide) groups is 1. The summed E-state index contributed by atoms with van der Waals surface area (Å²) in [6.07, 6.45) is 3.07. The van der Waals surface area contributed by atoms with E-state index in [1.54, 1.807) is 12.1 Å². The molecule has 8 nitrogen and oxygen atoms in total. The minimum atomic E-state index is -0.677. The van der Waals surface area contributed by atoms with Gasteiger partial charge in [-0.1, -0.05) is 6.07 Å². The summed E-state index contributed by atoms with van der Waals surface area (Å²) in [6, 6.07) is 6.87. The molecule has 0 spiro atoms. The standard InChI is InChI=1S/C20H20N4O4S/c1-11(2)28-18-13(7-21)8-22-16-4-3-12(5-15(16)18)6-17-19(27)24-20(29-17)23-14(9-25)10-26/h3-6,8,11,14,25-26H,9-10H2,1-2H3,(H,23,24,27). The zero-order valence-electron chi connectivity index (χ0n) is 15.9. The number of aliphatic hydroxyl groups excluding tert-OH is 2. The molecule has 2 aromatic rings. The van der Waals surface area contributed by atoms with Gasteiger partial charge in [0.2, 0.25) is 0 Å². The summed E-state index contributed by atoms with van der Waals surface area (Å²) >= 11 is 1.13. The number of carbonyl (C=O) groups excluding carboxylic acids is 1. The van der Waals surface area contributed by atoms with Gasteiger partial charge in [-0.2, -0.15) is 5.26 Å². The highest BCUT2D eigenvalue weighted by atomic mass is 32.2. The molecule has 1 aliphatic heterocycles. The fourth-order valence-corrected chi connectivity index (χ4v) is 3.56. The molecule has 150 valence electrons. The summed E-state index contributed by atoms with van der Waals surface area (Å²) in [6.45, 7) is 3.14. The highest BCUT2D eigenvalue weighted by Crippen LogP contribution is 2.32. The van der Waals surface area contributed by atoms with E-state index in [4.69, 9.17) is 14.9 Å². The maximum Gasteiger partial charge on any atom is 0.264 e. The Hall–Kier alpha value is -2.93. The lowest BCUT2D eigenvalue weighted by Gasteiger charge is -2.14. The van der Waals surface area contributed by atoms with E-state index in [1.165, 1.54) is 6.20 Å². The zero-order chi connectivity index (χ0) is 21.0. The third-order valence-electron chi connectivity index (χ3n) is 3.99. The summed E-state index contributed by atoms with van der Waals surface area (Å²) in [5.41, 5.74) is 1.77. The molecule has 3 N–H and O–H groups in total.